The van der Waals surface area contributed by atoms with Crippen LogP contribution in [0.4, 0.5) is 0 Å². The van der Waals surface area contributed by atoms with Gasteiger partial charge in [-0.1, -0.05) is 12.8 Å². The van der Waals surface area contributed by atoms with Gasteiger partial charge in [-0.25, -0.2) is 8.42 Å². The van der Waals surface area contributed by atoms with Gasteiger partial charge in [0.2, 0.25) is 0 Å². The molecule has 0 atom stereocenters. The molecular formula is C10H18O3S2. The zero-order valence-electron chi connectivity index (χ0n) is 9.07. The number of hydrogen-bond donors (Lipinski definition) is 0. The van der Waals surface area contributed by atoms with Gasteiger partial charge >= 0.3 is 0 Å². The average molecular weight is 250 g/mol. The van der Waals surface area contributed by atoms with E-state index in [9.17, 15) is 13.2 Å². The van der Waals surface area contributed by atoms with Crippen molar-refractivity contribution in [2.45, 2.75) is 25.7 Å². The van der Waals surface area contributed by atoms with E-state index in [0.717, 1.165) is 12.8 Å². The van der Waals surface area contributed by atoms with Gasteiger partial charge in [-0.05, 0) is 12.8 Å². The van der Waals surface area contributed by atoms with Crippen LogP contribution in [0.1, 0.15) is 25.7 Å². The van der Waals surface area contributed by atoms with Crippen molar-refractivity contribution in [1.82, 2.24) is 0 Å². The normalized spacial score (nSPS) is 18.2. The molecule has 0 N–H and O–H groups in total. The Hall–Kier alpha value is -0.0300. The zero-order chi connectivity index (χ0) is 11.3. The highest BCUT2D eigenvalue weighted by atomic mass is 32.2. The first kappa shape index (κ1) is 13.0. The van der Waals surface area contributed by atoms with Gasteiger partial charge in [0.15, 0.2) is 0 Å². The molecule has 88 valence electrons. The third-order valence-electron chi connectivity index (χ3n) is 2.65. The molecule has 0 saturated heterocycles. The van der Waals surface area contributed by atoms with Gasteiger partial charge in [0.1, 0.15) is 15.6 Å². The van der Waals surface area contributed by atoms with Crippen LogP contribution in [0.5, 0.6) is 0 Å². The summed E-state index contributed by atoms with van der Waals surface area (Å²) in [5, 5.41) is 0. The summed E-state index contributed by atoms with van der Waals surface area (Å²) < 4.78 is 21.7. The molecule has 0 spiro atoms. The summed E-state index contributed by atoms with van der Waals surface area (Å²) in [4.78, 5) is 11.6. The van der Waals surface area contributed by atoms with Crippen LogP contribution in [0.15, 0.2) is 0 Å². The van der Waals surface area contributed by atoms with E-state index in [1.54, 1.807) is 0 Å². The molecule has 1 rings (SSSR count). The van der Waals surface area contributed by atoms with E-state index >= 15 is 0 Å². The Bertz CT molecular complexity index is 303. The van der Waals surface area contributed by atoms with Crippen LogP contribution in [0.3, 0.4) is 0 Å². The molecule has 1 aliphatic carbocycles. The topological polar surface area (TPSA) is 51.2 Å². The minimum Gasteiger partial charge on any atom is -0.298 e. The first-order chi connectivity index (χ1) is 6.99. The van der Waals surface area contributed by atoms with E-state index in [1.165, 1.54) is 30.9 Å². The molecule has 0 bridgehead atoms. The third kappa shape index (κ3) is 5.56. The Labute approximate surface area is 95.9 Å². The number of ketones is 1. The second-order valence-corrected chi connectivity index (χ2v) is 7.50. The zero-order valence-corrected chi connectivity index (χ0v) is 10.7. The molecule has 0 aliphatic heterocycles. The fourth-order valence-corrected chi connectivity index (χ4v) is 4.01. The van der Waals surface area contributed by atoms with Gasteiger partial charge in [0, 0.05) is 17.9 Å². The number of carbonyl (C=O) groups excluding carboxylic acids is 1. The van der Waals surface area contributed by atoms with Gasteiger partial charge < -0.3 is 0 Å². The monoisotopic (exact) mass is 250 g/mol. The lowest BCUT2D eigenvalue weighted by Gasteiger charge is -2.06. The Morgan fingerprint density at radius 3 is 2.47 bits per heavy atom. The maximum atomic E-state index is 11.6. The van der Waals surface area contributed by atoms with Crippen molar-refractivity contribution in [2.75, 3.05) is 23.5 Å². The van der Waals surface area contributed by atoms with Gasteiger partial charge in [-0.15, -0.1) is 0 Å². The molecule has 15 heavy (non-hydrogen) atoms. The summed E-state index contributed by atoms with van der Waals surface area (Å²) in [5.41, 5.74) is 0. The lowest BCUT2D eigenvalue weighted by Crippen LogP contribution is -2.14. The predicted molar refractivity (Wildman–Crippen MR) is 64.0 cm³/mol. The molecule has 5 heteroatoms. The molecule has 0 heterocycles. The number of sulfone groups is 1. The predicted octanol–water partition coefficient (Wildman–Crippen LogP) is 1.52. The second-order valence-electron chi connectivity index (χ2n) is 4.13. The Morgan fingerprint density at radius 1 is 1.33 bits per heavy atom. The maximum absolute atomic E-state index is 11.6. The third-order valence-corrected chi connectivity index (χ3v) is 4.84. The highest BCUT2D eigenvalue weighted by Crippen LogP contribution is 2.26. The molecule has 0 aromatic heterocycles. The Morgan fingerprint density at radius 2 is 1.93 bits per heavy atom. The Balaban J connectivity index is 2.12. The number of rotatable bonds is 6. The molecule has 3 nitrogen and oxygen atoms in total. The van der Waals surface area contributed by atoms with Crippen LogP contribution < -0.4 is 0 Å². The summed E-state index contributed by atoms with van der Waals surface area (Å²) in [6.07, 6.45) is 5.64. The SMILES string of the molecule is CS(=O)(=O)CCSCC(=O)C1CCCC1. The number of hydrogen-bond acceptors (Lipinski definition) is 4. The standard InChI is InChI=1S/C10H18O3S2/c1-15(12,13)7-6-14-8-10(11)9-4-2-3-5-9/h9H,2-8H2,1H3. The minimum atomic E-state index is -2.87. The van der Waals surface area contributed by atoms with Crippen LogP contribution in [0.2, 0.25) is 0 Å². The van der Waals surface area contributed by atoms with Crippen molar-refractivity contribution in [3.63, 3.8) is 0 Å². The van der Waals surface area contributed by atoms with Crippen molar-refractivity contribution in [3.8, 4) is 0 Å². The fourth-order valence-electron chi connectivity index (χ4n) is 1.75. The average Bonchev–Trinajstić information content (AvgIpc) is 2.63. The summed E-state index contributed by atoms with van der Waals surface area (Å²) in [7, 11) is -2.87. The summed E-state index contributed by atoms with van der Waals surface area (Å²) >= 11 is 1.45. The number of carbonyl (C=O) groups is 1. The molecule has 1 fully saturated rings. The van der Waals surface area contributed by atoms with E-state index in [-0.39, 0.29) is 11.7 Å². The van der Waals surface area contributed by atoms with Crippen LogP contribution in [-0.4, -0.2) is 37.7 Å². The first-order valence-corrected chi connectivity index (χ1v) is 8.49. The summed E-state index contributed by atoms with van der Waals surface area (Å²) in [6, 6.07) is 0. The van der Waals surface area contributed by atoms with E-state index in [4.69, 9.17) is 0 Å². The smallest absolute Gasteiger partial charge is 0.148 e. The molecule has 0 aromatic carbocycles. The van der Waals surface area contributed by atoms with Gasteiger partial charge in [0.25, 0.3) is 0 Å². The molecular weight excluding hydrogens is 232 g/mol. The van der Waals surface area contributed by atoms with Crippen LogP contribution in [0.25, 0.3) is 0 Å². The largest absolute Gasteiger partial charge is 0.298 e. The van der Waals surface area contributed by atoms with E-state index < -0.39 is 9.84 Å². The van der Waals surface area contributed by atoms with Crippen molar-refractivity contribution in [2.24, 2.45) is 5.92 Å². The van der Waals surface area contributed by atoms with Crippen molar-refractivity contribution in [3.05, 3.63) is 0 Å². The lowest BCUT2D eigenvalue weighted by atomic mass is 10.0. The number of thioether (sulfide) groups is 1. The quantitative estimate of drug-likeness (QED) is 0.671. The van der Waals surface area contributed by atoms with Crippen LogP contribution in [0, 0.1) is 5.92 Å². The molecule has 0 radical (unpaired) electrons. The molecule has 0 unspecified atom stereocenters. The van der Waals surface area contributed by atoms with E-state index in [2.05, 4.69) is 0 Å². The van der Waals surface area contributed by atoms with E-state index in [1.807, 2.05) is 0 Å². The highest BCUT2D eigenvalue weighted by Gasteiger charge is 2.22. The van der Waals surface area contributed by atoms with Gasteiger partial charge in [0.05, 0.1) is 11.5 Å². The van der Waals surface area contributed by atoms with Gasteiger partial charge in [-0.3, -0.25) is 4.79 Å². The Kier molecular flexibility index (Phi) is 5.12. The molecule has 0 aromatic rings. The highest BCUT2D eigenvalue weighted by molar-refractivity contribution is 8.01. The summed E-state index contributed by atoms with van der Waals surface area (Å²) in [5.74, 6) is 1.77. The fraction of sp³-hybridized carbons (Fsp3) is 0.900. The van der Waals surface area contributed by atoms with Crippen molar-refractivity contribution in [1.29, 1.82) is 0 Å². The molecule has 1 saturated carbocycles. The van der Waals surface area contributed by atoms with Crippen LogP contribution in [-0.2, 0) is 14.6 Å². The lowest BCUT2D eigenvalue weighted by molar-refractivity contribution is -0.120. The van der Waals surface area contributed by atoms with Crippen LogP contribution >= 0.6 is 11.8 Å². The maximum Gasteiger partial charge on any atom is 0.148 e. The first-order valence-electron chi connectivity index (χ1n) is 5.27. The minimum absolute atomic E-state index is 0.176. The van der Waals surface area contributed by atoms with Crippen molar-refractivity contribution >= 4 is 27.4 Å². The van der Waals surface area contributed by atoms with Gasteiger partial charge in [-0.2, -0.15) is 11.8 Å². The molecule has 1 aliphatic rings. The summed E-state index contributed by atoms with van der Waals surface area (Å²) in [6.45, 7) is 0. The van der Waals surface area contributed by atoms with Crippen molar-refractivity contribution < 1.29 is 13.2 Å². The van der Waals surface area contributed by atoms with E-state index in [0.29, 0.717) is 17.3 Å². The number of Topliss-reactive ketones (excluding diaryl/α,β-unsaturated/α-hetero) is 1. The molecule has 0 amide bonds. The second kappa shape index (κ2) is 5.89.